The molecule has 0 N–H and O–H groups in total. The average molecular weight is 324 g/mol. The summed E-state index contributed by atoms with van der Waals surface area (Å²) in [6.07, 6.45) is 1.83. The minimum absolute atomic E-state index is 0.565. The molecule has 0 aliphatic rings. The quantitative estimate of drug-likeness (QED) is 0.464. The highest BCUT2D eigenvalue weighted by molar-refractivity contribution is 5.47. The van der Waals surface area contributed by atoms with E-state index < -0.39 is 0 Å². The van der Waals surface area contributed by atoms with Gasteiger partial charge in [0.1, 0.15) is 0 Å². The molecule has 0 spiro atoms. The zero-order chi connectivity index (χ0) is 16.6. The fourth-order valence-corrected chi connectivity index (χ4v) is 1.74. The molecule has 0 saturated carbocycles. The first-order valence-electron chi connectivity index (χ1n) is 7.88. The van der Waals surface area contributed by atoms with Crippen LogP contribution >= 0.6 is 0 Å². The van der Waals surface area contributed by atoms with Gasteiger partial charge in [0.15, 0.2) is 0 Å². The molecule has 0 heterocycles. The van der Waals surface area contributed by atoms with Gasteiger partial charge in [-0.25, -0.2) is 0 Å². The molecule has 5 heteroatoms. The number of hydrogen-bond donors (Lipinski definition) is 0. The van der Waals surface area contributed by atoms with Gasteiger partial charge in [0.05, 0.1) is 59.5 Å². The van der Waals surface area contributed by atoms with E-state index >= 15 is 0 Å². The molecule has 0 atom stereocenters. The Morgan fingerprint density at radius 2 is 1.22 bits per heavy atom. The molecule has 0 aromatic heterocycles. The van der Waals surface area contributed by atoms with Gasteiger partial charge in [0.25, 0.3) is 0 Å². The van der Waals surface area contributed by atoms with Crippen molar-refractivity contribution >= 4 is 6.08 Å². The van der Waals surface area contributed by atoms with Gasteiger partial charge in [-0.2, -0.15) is 0 Å². The summed E-state index contributed by atoms with van der Waals surface area (Å²) in [4.78, 5) is 0. The number of methoxy groups -OCH3 is 1. The highest BCUT2D eigenvalue weighted by Crippen LogP contribution is 2.06. The molecule has 0 bridgehead atoms. The van der Waals surface area contributed by atoms with Gasteiger partial charge in [-0.05, 0) is 11.1 Å². The third-order valence-electron chi connectivity index (χ3n) is 3.03. The van der Waals surface area contributed by atoms with Crippen LogP contribution in [0.4, 0.5) is 0 Å². The first kappa shape index (κ1) is 19.8. The zero-order valence-corrected chi connectivity index (χ0v) is 14.0. The highest BCUT2D eigenvalue weighted by Gasteiger charge is 1.95. The van der Waals surface area contributed by atoms with Crippen molar-refractivity contribution < 1.29 is 23.7 Å². The Labute approximate surface area is 139 Å². The molecule has 130 valence electrons. The molecule has 1 rings (SSSR count). The van der Waals surface area contributed by atoms with Crippen LogP contribution in [-0.4, -0.2) is 60.0 Å². The van der Waals surface area contributed by atoms with Crippen LogP contribution in [0.1, 0.15) is 11.1 Å². The predicted octanol–water partition coefficient (Wildman–Crippen LogP) is 2.54. The minimum atomic E-state index is 0.565. The molecule has 23 heavy (non-hydrogen) atoms. The third-order valence-corrected chi connectivity index (χ3v) is 3.03. The lowest BCUT2D eigenvalue weighted by Crippen LogP contribution is -2.12. The second kappa shape index (κ2) is 14.4. The van der Waals surface area contributed by atoms with Gasteiger partial charge in [-0.3, -0.25) is 0 Å². The summed E-state index contributed by atoms with van der Waals surface area (Å²) in [7, 11) is 1.65. The third kappa shape index (κ3) is 11.0. The maximum absolute atomic E-state index is 5.55. The van der Waals surface area contributed by atoms with E-state index in [1.807, 2.05) is 30.3 Å². The lowest BCUT2D eigenvalue weighted by atomic mass is 10.1. The Kier molecular flexibility index (Phi) is 12.4. The van der Waals surface area contributed by atoms with E-state index in [1.54, 1.807) is 7.11 Å². The van der Waals surface area contributed by atoms with Crippen LogP contribution in [0.15, 0.2) is 30.8 Å². The van der Waals surface area contributed by atoms with Crippen molar-refractivity contribution in [3.8, 4) is 0 Å². The topological polar surface area (TPSA) is 46.2 Å². The monoisotopic (exact) mass is 324 g/mol. The van der Waals surface area contributed by atoms with Gasteiger partial charge < -0.3 is 23.7 Å². The number of ether oxygens (including phenoxy) is 5. The van der Waals surface area contributed by atoms with E-state index in [9.17, 15) is 0 Å². The van der Waals surface area contributed by atoms with Crippen molar-refractivity contribution in [2.45, 2.75) is 6.61 Å². The standard InChI is InChI=1S/C18H28O5/c1-3-17-4-6-18(7-5-17)16-23-15-14-22-13-12-21-11-10-20-9-8-19-2/h3-7H,1,8-16H2,2H3. The van der Waals surface area contributed by atoms with Crippen molar-refractivity contribution in [2.75, 3.05) is 60.0 Å². The summed E-state index contributed by atoms with van der Waals surface area (Å²) in [6.45, 7) is 8.96. The molecule has 0 radical (unpaired) electrons. The van der Waals surface area contributed by atoms with E-state index in [0.717, 1.165) is 11.1 Å². The van der Waals surface area contributed by atoms with Crippen LogP contribution in [-0.2, 0) is 30.3 Å². The van der Waals surface area contributed by atoms with Crippen molar-refractivity contribution in [3.63, 3.8) is 0 Å². The van der Waals surface area contributed by atoms with E-state index in [-0.39, 0.29) is 0 Å². The first-order valence-corrected chi connectivity index (χ1v) is 7.88. The average Bonchev–Trinajstić information content (AvgIpc) is 2.59. The molecule has 0 saturated heterocycles. The molecule has 0 amide bonds. The van der Waals surface area contributed by atoms with E-state index in [0.29, 0.717) is 59.5 Å². The molecule has 0 unspecified atom stereocenters. The summed E-state index contributed by atoms with van der Waals surface area (Å²) < 4.78 is 26.5. The number of benzene rings is 1. The summed E-state index contributed by atoms with van der Waals surface area (Å²) in [5, 5.41) is 0. The van der Waals surface area contributed by atoms with Crippen molar-refractivity contribution in [1.82, 2.24) is 0 Å². The largest absolute Gasteiger partial charge is 0.382 e. The maximum Gasteiger partial charge on any atom is 0.0718 e. The Morgan fingerprint density at radius 3 is 1.70 bits per heavy atom. The van der Waals surface area contributed by atoms with Crippen LogP contribution in [0, 0.1) is 0 Å². The minimum Gasteiger partial charge on any atom is -0.382 e. The van der Waals surface area contributed by atoms with E-state index in [1.165, 1.54) is 0 Å². The van der Waals surface area contributed by atoms with Gasteiger partial charge >= 0.3 is 0 Å². The Hall–Kier alpha value is -1.24. The van der Waals surface area contributed by atoms with Crippen molar-refractivity contribution in [3.05, 3.63) is 42.0 Å². The maximum atomic E-state index is 5.55. The van der Waals surface area contributed by atoms with Crippen LogP contribution in [0.5, 0.6) is 0 Å². The number of hydrogen-bond acceptors (Lipinski definition) is 5. The van der Waals surface area contributed by atoms with E-state index in [4.69, 9.17) is 23.7 Å². The first-order chi connectivity index (χ1) is 11.4. The second-order valence-corrected chi connectivity index (χ2v) is 4.83. The fourth-order valence-electron chi connectivity index (χ4n) is 1.74. The second-order valence-electron chi connectivity index (χ2n) is 4.83. The Bertz CT molecular complexity index is 391. The van der Waals surface area contributed by atoms with Gasteiger partial charge in [-0.15, -0.1) is 0 Å². The molecule has 1 aromatic carbocycles. The van der Waals surface area contributed by atoms with Gasteiger partial charge in [0.2, 0.25) is 0 Å². The smallest absolute Gasteiger partial charge is 0.0718 e. The fraction of sp³-hybridized carbons (Fsp3) is 0.556. The highest BCUT2D eigenvalue weighted by atomic mass is 16.6. The molecule has 0 fully saturated rings. The Morgan fingerprint density at radius 1 is 0.739 bits per heavy atom. The zero-order valence-electron chi connectivity index (χ0n) is 14.0. The summed E-state index contributed by atoms with van der Waals surface area (Å²) >= 11 is 0. The molecular formula is C18H28O5. The molecule has 0 aliphatic heterocycles. The van der Waals surface area contributed by atoms with Gasteiger partial charge in [0, 0.05) is 7.11 Å². The number of rotatable bonds is 15. The molecule has 1 aromatic rings. The lowest BCUT2D eigenvalue weighted by molar-refractivity contribution is -0.00948. The van der Waals surface area contributed by atoms with Crippen LogP contribution in [0.2, 0.25) is 0 Å². The van der Waals surface area contributed by atoms with Crippen LogP contribution in [0.25, 0.3) is 6.08 Å². The summed E-state index contributed by atoms with van der Waals surface area (Å²) in [5.41, 5.74) is 2.26. The normalized spacial score (nSPS) is 10.8. The predicted molar refractivity (Wildman–Crippen MR) is 90.5 cm³/mol. The lowest BCUT2D eigenvalue weighted by Gasteiger charge is -2.07. The summed E-state index contributed by atoms with van der Waals surface area (Å²) in [5.74, 6) is 0. The molecular weight excluding hydrogens is 296 g/mol. The Balaban J connectivity index is 1.83. The van der Waals surface area contributed by atoms with Gasteiger partial charge in [-0.1, -0.05) is 36.9 Å². The van der Waals surface area contributed by atoms with Crippen LogP contribution in [0.3, 0.4) is 0 Å². The molecule has 0 aliphatic carbocycles. The van der Waals surface area contributed by atoms with Crippen LogP contribution < -0.4 is 0 Å². The van der Waals surface area contributed by atoms with Crippen molar-refractivity contribution in [2.24, 2.45) is 0 Å². The SMILES string of the molecule is C=Cc1ccc(COCCOCCOCCOCCOC)cc1. The molecule has 5 nitrogen and oxygen atoms in total. The van der Waals surface area contributed by atoms with E-state index in [2.05, 4.69) is 6.58 Å². The summed E-state index contributed by atoms with van der Waals surface area (Å²) in [6, 6.07) is 8.14. The van der Waals surface area contributed by atoms with Crippen molar-refractivity contribution in [1.29, 1.82) is 0 Å².